The summed E-state index contributed by atoms with van der Waals surface area (Å²) in [6.07, 6.45) is 1.55. The number of carbonyl (C=O) groups is 2. The van der Waals surface area contributed by atoms with Crippen LogP contribution < -0.4 is 10.6 Å². The second kappa shape index (κ2) is 11.0. The molecule has 0 radical (unpaired) electrons. The third-order valence-electron chi connectivity index (χ3n) is 6.13. The molecule has 2 N–H and O–H groups in total. The van der Waals surface area contributed by atoms with Gasteiger partial charge in [-0.2, -0.15) is 9.57 Å². The number of nitriles is 1. The maximum atomic E-state index is 13.4. The Hall–Kier alpha value is -3.53. The van der Waals surface area contributed by atoms with Gasteiger partial charge in [0, 0.05) is 38.5 Å². The van der Waals surface area contributed by atoms with Gasteiger partial charge in [-0.25, -0.2) is 17.6 Å². The predicted molar refractivity (Wildman–Crippen MR) is 128 cm³/mol. The van der Waals surface area contributed by atoms with Crippen molar-refractivity contribution in [2.24, 2.45) is 0 Å². The quantitative estimate of drug-likeness (QED) is 0.604. The minimum absolute atomic E-state index is 0.0397. The van der Waals surface area contributed by atoms with Gasteiger partial charge >= 0.3 is 6.03 Å². The minimum Gasteiger partial charge on any atom is -0.376 e. The number of piperazine rings is 1. The lowest BCUT2D eigenvalue weighted by atomic mass is 10.2. The van der Waals surface area contributed by atoms with Crippen LogP contribution in [0.2, 0.25) is 0 Å². The molecule has 2 aliphatic rings. The van der Waals surface area contributed by atoms with E-state index in [2.05, 4.69) is 10.6 Å². The summed E-state index contributed by atoms with van der Waals surface area (Å²) in [7, 11) is -4.10. The Morgan fingerprint density at radius 1 is 1.11 bits per heavy atom. The second-order valence-corrected chi connectivity index (χ2v) is 10.4. The van der Waals surface area contributed by atoms with Gasteiger partial charge in [0.15, 0.2) is 0 Å². The van der Waals surface area contributed by atoms with Crippen LogP contribution in [0.3, 0.4) is 0 Å². The van der Waals surface area contributed by atoms with Crippen LogP contribution >= 0.6 is 0 Å². The van der Waals surface area contributed by atoms with Crippen molar-refractivity contribution in [2.75, 3.05) is 38.1 Å². The Balaban J connectivity index is 1.53. The zero-order chi connectivity index (χ0) is 25.7. The Labute approximate surface area is 208 Å². The van der Waals surface area contributed by atoms with Crippen LogP contribution in [0.4, 0.5) is 14.9 Å². The molecule has 2 unspecified atom stereocenters. The van der Waals surface area contributed by atoms with Crippen molar-refractivity contribution >= 4 is 27.6 Å². The number of nitrogens with one attached hydrogen (secondary N) is 2. The fraction of sp³-hybridized carbons (Fsp3) is 0.375. The molecule has 4 rings (SSSR count). The molecule has 36 heavy (non-hydrogen) atoms. The van der Waals surface area contributed by atoms with Gasteiger partial charge in [0.2, 0.25) is 15.9 Å². The Morgan fingerprint density at radius 2 is 1.83 bits per heavy atom. The van der Waals surface area contributed by atoms with Crippen molar-refractivity contribution in [1.29, 1.82) is 5.26 Å². The first-order valence-corrected chi connectivity index (χ1v) is 12.9. The van der Waals surface area contributed by atoms with Crippen LogP contribution in [-0.2, 0) is 19.6 Å². The Bertz CT molecular complexity index is 1240. The van der Waals surface area contributed by atoms with Gasteiger partial charge in [-0.1, -0.05) is 0 Å². The first-order valence-electron chi connectivity index (χ1n) is 11.5. The standard InChI is InChI=1S/C24H26FN5O5S/c25-18-5-7-19(8-6-18)28-24(32)29-11-12-30(36(33,34)21-9-3-17(14-26)4-10-21)22(16-29)23(31)27-15-20-2-1-13-35-20/h3-10,20,22H,1-2,11-13,15-16H2,(H,27,31)(H,28,32). The Morgan fingerprint density at radius 3 is 2.47 bits per heavy atom. The molecular formula is C24H26FN5O5S. The van der Waals surface area contributed by atoms with E-state index >= 15 is 0 Å². The van der Waals surface area contributed by atoms with Crippen LogP contribution in [0, 0.1) is 17.1 Å². The van der Waals surface area contributed by atoms with Crippen molar-refractivity contribution in [1.82, 2.24) is 14.5 Å². The highest BCUT2D eigenvalue weighted by molar-refractivity contribution is 7.89. The fourth-order valence-electron chi connectivity index (χ4n) is 4.16. The maximum Gasteiger partial charge on any atom is 0.321 e. The topological polar surface area (TPSA) is 132 Å². The summed E-state index contributed by atoms with van der Waals surface area (Å²) in [4.78, 5) is 27.3. The maximum absolute atomic E-state index is 13.4. The van der Waals surface area contributed by atoms with Crippen LogP contribution in [0.25, 0.3) is 0 Å². The van der Waals surface area contributed by atoms with Crippen LogP contribution in [0.5, 0.6) is 0 Å². The molecule has 2 saturated heterocycles. The summed E-state index contributed by atoms with van der Waals surface area (Å²) < 4.78 is 46.7. The van der Waals surface area contributed by atoms with Crippen molar-refractivity contribution in [3.05, 3.63) is 59.9 Å². The minimum atomic E-state index is -4.10. The van der Waals surface area contributed by atoms with Gasteiger partial charge in [-0.05, 0) is 61.4 Å². The van der Waals surface area contributed by atoms with Crippen molar-refractivity contribution in [2.45, 2.75) is 29.9 Å². The molecule has 2 fully saturated rings. The zero-order valence-corrected chi connectivity index (χ0v) is 20.2. The lowest BCUT2D eigenvalue weighted by Gasteiger charge is -2.39. The average molecular weight is 516 g/mol. The molecule has 12 heteroatoms. The molecule has 0 saturated carbocycles. The third-order valence-corrected chi connectivity index (χ3v) is 8.06. The average Bonchev–Trinajstić information content (AvgIpc) is 3.42. The summed E-state index contributed by atoms with van der Waals surface area (Å²) in [6.45, 7) is 0.595. The fourth-order valence-corrected chi connectivity index (χ4v) is 5.73. The van der Waals surface area contributed by atoms with Crippen molar-refractivity contribution in [3.8, 4) is 6.07 Å². The summed E-state index contributed by atoms with van der Waals surface area (Å²) in [5.41, 5.74) is 0.676. The largest absolute Gasteiger partial charge is 0.376 e. The van der Waals surface area contributed by atoms with E-state index in [1.807, 2.05) is 6.07 Å². The lowest BCUT2D eigenvalue weighted by Crippen LogP contribution is -2.62. The van der Waals surface area contributed by atoms with Crippen LogP contribution in [0.15, 0.2) is 53.4 Å². The molecule has 190 valence electrons. The number of anilines is 1. The first kappa shape index (κ1) is 25.6. The van der Waals surface area contributed by atoms with Gasteiger partial charge in [0.1, 0.15) is 11.9 Å². The van der Waals surface area contributed by atoms with Gasteiger partial charge in [-0.15, -0.1) is 0 Å². The van der Waals surface area contributed by atoms with Crippen LogP contribution in [-0.4, -0.2) is 74.5 Å². The first-order chi connectivity index (χ1) is 17.3. The summed E-state index contributed by atoms with van der Waals surface area (Å²) in [6, 6.07) is 10.9. The smallest absolute Gasteiger partial charge is 0.321 e. The molecule has 2 aromatic carbocycles. The monoisotopic (exact) mass is 515 g/mol. The predicted octanol–water partition coefficient (Wildman–Crippen LogP) is 1.90. The lowest BCUT2D eigenvalue weighted by molar-refractivity contribution is -0.126. The summed E-state index contributed by atoms with van der Waals surface area (Å²) in [5.74, 6) is -0.986. The molecule has 10 nitrogen and oxygen atoms in total. The molecule has 0 bridgehead atoms. The molecule has 0 aliphatic carbocycles. The molecule has 2 heterocycles. The van der Waals surface area contributed by atoms with E-state index in [1.165, 1.54) is 53.4 Å². The molecule has 0 spiro atoms. The van der Waals surface area contributed by atoms with Gasteiger partial charge < -0.3 is 20.3 Å². The van der Waals surface area contributed by atoms with Gasteiger partial charge in [0.05, 0.1) is 22.6 Å². The molecule has 3 amide bonds. The highest BCUT2D eigenvalue weighted by Gasteiger charge is 2.41. The number of amides is 3. The third kappa shape index (κ3) is 5.81. The molecule has 0 aromatic heterocycles. The highest BCUT2D eigenvalue weighted by Crippen LogP contribution is 2.23. The van der Waals surface area contributed by atoms with E-state index in [9.17, 15) is 22.4 Å². The molecule has 2 atom stereocenters. The van der Waals surface area contributed by atoms with Gasteiger partial charge in [0.25, 0.3) is 0 Å². The van der Waals surface area contributed by atoms with Crippen LogP contribution in [0.1, 0.15) is 18.4 Å². The number of urea groups is 1. The van der Waals surface area contributed by atoms with Gasteiger partial charge in [-0.3, -0.25) is 4.79 Å². The number of sulfonamides is 1. The van der Waals surface area contributed by atoms with E-state index < -0.39 is 33.8 Å². The second-order valence-electron chi connectivity index (χ2n) is 8.53. The number of benzene rings is 2. The number of ether oxygens (including phenoxy) is 1. The number of carbonyl (C=O) groups excluding carboxylic acids is 2. The van der Waals surface area contributed by atoms with E-state index in [1.54, 1.807) is 0 Å². The number of nitrogens with zero attached hydrogens (tertiary/aromatic N) is 3. The number of hydrogen-bond acceptors (Lipinski definition) is 6. The normalized spacial score (nSPS) is 20.5. The number of halogens is 1. The summed E-state index contributed by atoms with van der Waals surface area (Å²) >= 11 is 0. The van der Waals surface area contributed by atoms with Crippen molar-refractivity contribution in [3.63, 3.8) is 0 Å². The van der Waals surface area contributed by atoms with E-state index in [-0.39, 0.29) is 37.2 Å². The van der Waals surface area contributed by atoms with E-state index in [0.29, 0.717) is 17.9 Å². The molecule has 2 aliphatic heterocycles. The SMILES string of the molecule is N#Cc1ccc(S(=O)(=O)N2CCN(C(=O)Nc3ccc(F)cc3)CC2C(=O)NCC2CCCO2)cc1. The van der Waals surface area contributed by atoms with E-state index in [4.69, 9.17) is 10.00 Å². The summed E-state index contributed by atoms with van der Waals surface area (Å²) in [5, 5.41) is 14.4. The molecule has 2 aromatic rings. The molecular weight excluding hydrogens is 489 g/mol. The highest BCUT2D eigenvalue weighted by atomic mass is 32.2. The van der Waals surface area contributed by atoms with E-state index in [0.717, 1.165) is 17.1 Å². The number of hydrogen-bond donors (Lipinski definition) is 2. The Kier molecular flexibility index (Phi) is 7.83. The number of rotatable bonds is 6. The zero-order valence-electron chi connectivity index (χ0n) is 19.4. The van der Waals surface area contributed by atoms with Crippen molar-refractivity contribution < 1.29 is 27.1 Å².